The Morgan fingerprint density at radius 1 is 1.56 bits per heavy atom. The van der Waals surface area contributed by atoms with Crippen LogP contribution in [0.15, 0.2) is 5.38 Å². The van der Waals surface area contributed by atoms with Gasteiger partial charge in [-0.25, -0.2) is 0 Å². The molecule has 4 heteroatoms. The molecule has 0 radical (unpaired) electrons. The van der Waals surface area contributed by atoms with E-state index >= 15 is 0 Å². The maximum Gasteiger partial charge on any atom is 0.112 e. The minimum atomic E-state index is 0.460. The summed E-state index contributed by atoms with van der Waals surface area (Å²) in [6.45, 7) is 0.460. The van der Waals surface area contributed by atoms with Gasteiger partial charge < -0.3 is 5.73 Å². The van der Waals surface area contributed by atoms with Crippen LogP contribution in [0.2, 0.25) is 9.36 Å². The van der Waals surface area contributed by atoms with Gasteiger partial charge in [-0.05, 0) is 10.9 Å². The fourth-order valence-corrected chi connectivity index (χ4v) is 1.77. The van der Waals surface area contributed by atoms with Crippen LogP contribution in [0.5, 0.6) is 0 Å². The Morgan fingerprint density at radius 2 is 2.22 bits per heavy atom. The first-order valence-electron chi connectivity index (χ1n) is 2.37. The number of hydrogen-bond donors (Lipinski definition) is 1. The number of rotatable bonds is 1. The Bertz CT molecular complexity index is 209. The highest BCUT2D eigenvalue weighted by Crippen LogP contribution is 2.31. The first-order chi connectivity index (χ1) is 4.25. The lowest BCUT2D eigenvalue weighted by Crippen LogP contribution is -1.93. The van der Waals surface area contributed by atoms with E-state index in [1.807, 2.05) is 5.38 Å². The van der Waals surface area contributed by atoms with Gasteiger partial charge in [0.25, 0.3) is 0 Å². The van der Waals surface area contributed by atoms with Gasteiger partial charge in [0.1, 0.15) is 4.34 Å². The molecule has 1 nitrogen and oxygen atoms in total. The van der Waals surface area contributed by atoms with Gasteiger partial charge in [0, 0.05) is 6.54 Å². The molecule has 0 bridgehead atoms. The Morgan fingerprint density at radius 3 is 2.44 bits per heavy atom. The maximum absolute atomic E-state index is 5.71. The molecule has 0 unspecified atom stereocenters. The van der Waals surface area contributed by atoms with Crippen molar-refractivity contribution in [2.24, 2.45) is 5.73 Å². The third kappa shape index (κ3) is 1.38. The molecule has 0 spiro atoms. The summed E-state index contributed by atoms with van der Waals surface area (Å²) >= 11 is 12.8. The molecule has 2 N–H and O–H groups in total. The highest BCUT2D eigenvalue weighted by atomic mass is 35.5. The van der Waals surface area contributed by atoms with Crippen LogP contribution in [-0.4, -0.2) is 0 Å². The van der Waals surface area contributed by atoms with Crippen LogP contribution < -0.4 is 5.73 Å². The van der Waals surface area contributed by atoms with Gasteiger partial charge in [-0.3, -0.25) is 0 Å². The summed E-state index contributed by atoms with van der Waals surface area (Å²) in [6.07, 6.45) is 0. The lowest BCUT2D eigenvalue weighted by atomic mass is 10.3. The molecule has 9 heavy (non-hydrogen) atoms. The second kappa shape index (κ2) is 2.88. The second-order valence-electron chi connectivity index (χ2n) is 1.55. The van der Waals surface area contributed by atoms with Crippen molar-refractivity contribution in [3.8, 4) is 0 Å². The van der Waals surface area contributed by atoms with E-state index in [1.54, 1.807) is 0 Å². The summed E-state index contributed by atoms with van der Waals surface area (Å²) in [6, 6.07) is 0. The molecule has 1 aromatic heterocycles. The van der Waals surface area contributed by atoms with E-state index in [-0.39, 0.29) is 0 Å². The zero-order valence-corrected chi connectivity index (χ0v) is 6.85. The Balaban J connectivity index is 3.04. The predicted octanol–water partition coefficient (Wildman–Crippen LogP) is 2.51. The van der Waals surface area contributed by atoms with Gasteiger partial charge in [-0.15, -0.1) is 11.3 Å². The monoisotopic (exact) mass is 181 g/mol. The van der Waals surface area contributed by atoms with Gasteiger partial charge >= 0.3 is 0 Å². The predicted molar refractivity (Wildman–Crippen MR) is 42.2 cm³/mol. The van der Waals surface area contributed by atoms with Crippen LogP contribution >= 0.6 is 34.5 Å². The first kappa shape index (κ1) is 7.35. The minimum absolute atomic E-state index is 0.460. The maximum atomic E-state index is 5.71. The van der Waals surface area contributed by atoms with Gasteiger partial charge in [0.15, 0.2) is 0 Å². The third-order valence-electron chi connectivity index (χ3n) is 0.979. The van der Waals surface area contributed by atoms with Gasteiger partial charge in [-0.1, -0.05) is 23.2 Å². The van der Waals surface area contributed by atoms with E-state index < -0.39 is 0 Å². The summed E-state index contributed by atoms with van der Waals surface area (Å²) < 4.78 is 0.622. The standard InChI is InChI=1S/C5H5Cl2NS/c6-4-3(1-8)2-9-5(4)7/h2H,1,8H2. The van der Waals surface area contributed by atoms with Crippen molar-refractivity contribution in [1.29, 1.82) is 0 Å². The zero-order valence-electron chi connectivity index (χ0n) is 4.53. The fraction of sp³-hybridized carbons (Fsp3) is 0.200. The molecule has 0 fully saturated rings. The average Bonchev–Trinajstić information content (AvgIpc) is 2.15. The van der Waals surface area contributed by atoms with Crippen LogP contribution in [0.4, 0.5) is 0 Å². The molecule has 0 aliphatic carbocycles. The topological polar surface area (TPSA) is 26.0 Å². The van der Waals surface area contributed by atoms with Crippen LogP contribution in [0.1, 0.15) is 5.56 Å². The molecule has 0 saturated carbocycles. The Hall–Kier alpha value is 0.240. The SMILES string of the molecule is NCc1csc(Cl)c1Cl. The lowest BCUT2D eigenvalue weighted by Gasteiger charge is -1.88. The van der Waals surface area contributed by atoms with Crippen LogP contribution in [0.25, 0.3) is 0 Å². The Kier molecular flexibility index (Phi) is 2.35. The van der Waals surface area contributed by atoms with E-state index in [9.17, 15) is 0 Å². The summed E-state index contributed by atoms with van der Waals surface area (Å²) in [4.78, 5) is 0. The Labute approximate surface area is 67.4 Å². The van der Waals surface area contributed by atoms with E-state index in [2.05, 4.69) is 0 Å². The fourth-order valence-electron chi connectivity index (χ4n) is 0.490. The number of halogens is 2. The second-order valence-corrected chi connectivity index (χ2v) is 3.41. The quantitative estimate of drug-likeness (QED) is 0.709. The van der Waals surface area contributed by atoms with Gasteiger partial charge in [0.05, 0.1) is 5.02 Å². The van der Waals surface area contributed by atoms with E-state index in [0.29, 0.717) is 15.9 Å². The molecular weight excluding hydrogens is 177 g/mol. The normalized spacial score (nSPS) is 10.1. The smallest absolute Gasteiger partial charge is 0.112 e. The molecule has 0 aliphatic heterocycles. The molecule has 0 atom stereocenters. The highest BCUT2D eigenvalue weighted by molar-refractivity contribution is 7.15. The largest absolute Gasteiger partial charge is 0.326 e. The number of nitrogens with two attached hydrogens (primary N) is 1. The minimum Gasteiger partial charge on any atom is -0.326 e. The molecule has 1 rings (SSSR count). The molecule has 0 aromatic carbocycles. The van der Waals surface area contributed by atoms with Crippen LogP contribution in [0, 0.1) is 0 Å². The molecule has 0 aliphatic rings. The average molecular weight is 182 g/mol. The van der Waals surface area contributed by atoms with Crippen molar-refractivity contribution in [2.75, 3.05) is 0 Å². The van der Waals surface area contributed by atoms with E-state index in [1.165, 1.54) is 11.3 Å². The van der Waals surface area contributed by atoms with Crippen LogP contribution in [0.3, 0.4) is 0 Å². The van der Waals surface area contributed by atoms with Crippen molar-refractivity contribution in [3.05, 3.63) is 20.3 Å². The van der Waals surface area contributed by atoms with Crippen molar-refractivity contribution in [3.63, 3.8) is 0 Å². The summed E-state index contributed by atoms with van der Waals surface area (Å²) in [7, 11) is 0. The summed E-state index contributed by atoms with van der Waals surface area (Å²) in [5.41, 5.74) is 6.25. The first-order valence-corrected chi connectivity index (χ1v) is 4.00. The van der Waals surface area contributed by atoms with E-state index in [4.69, 9.17) is 28.9 Å². The van der Waals surface area contributed by atoms with Gasteiger partial charge in [-0.2, -0.15) is 0 Å². The van der Waals surface area contributed by atoms with Crippen molar-refractivity contribution in [1.82, 2.24) is 0 Å². The molecule has 1 aromatic rings. The van der Waals surface area contributed by atoms with E-state index in [0.717, 1.165) is 5.56 Å². The van der Waals surface area contributed by atoms with Gasteiger partial charge in [0.2, 0.25) is 0 Å². The highest BCUT2D eigenvalue weighted by Gasteiger charge is 2.03. The zero-order chi connectivity index (χ0) is 6.85. The van der Waals surface area contributed by atoms with Crippen molar-refractivity contribution in [2.45, 2.75) is 6.54 Å². The summed E-state index contributed by atoms with van der Waals surface area (Å²) in [5.74, 6) is 0. The van der Waals surface area contributed by atoms with Crippen LogP contribution in [-0.2, 0) is 6.54 Å². The number of hydrogen-bond acceptors (Lipinski definition) is 2. The van der Waals surface area contributed by atoms with Crippen molar-refractivity contribution >= 4 is 34.5 Å². The molecule has 0 amide bonds. The molecule has 1 heterocycles. The van der Waals surface area contributed by atoms with Crippen molar-refractivity contribution < 1.29 is 0 Å². The number of thiophene rings is 1. The summed E-state index contributed by atoms with van der Waals surface area (Å²) in [5, 5.41) is 2.47. The lowest BCUT2D eigenvalue weighted by molar-refractivity contribution is 1.08. The molecule has 0 saturated heterocycles. The third-order valence-corrected chi connectivity index (χ3v) is 2.89. The molecular formula is C5H5Cl2NS. The molecule has 50 valence electrons.